The van der Waals surface area contributed by atoms with E-state index in [2.05, 4.69) is 36.9 Å². The molecule has 26 heavy (non-hydrogen) atoms. The molecule has 1 amide bonds. The quantitative estimate of drug-likeness (QED) is 0.610. The number of aromatic nitrogens is 3. The van der Waals surface area contributed by atoms with Crippen LogP contribution in [0.4, 0.5) is 5.95 Å². The number of carbonyl (C=O) groups excluding carboxylic acids is 1. The van der Waals surface area contributed by atoms with Crippen LogP contribution in [0.5, 0.6) is 0 Å². The van der Waals surface area contributed by atoms with Crippen LogP contribution in [-0.2, 0) is 6.54 Å². The van der Waals surface area contributed by atoms with E-state index in [-0.39, 0.29) is 18.0 Å². The van der Waals surface area contributed by atoms with Crippen molar-refractivity contribution in [2.24, 2.45) is 5.41 Å². The highest BCUT2D eigenvalue weighted by atomic mass is 35.5. The third-order valence-corrected chi connectivity index (χ3v) is 5.00. The normalized spacial score (nSPS) is 18.3. The summed E-state index contributed by atoms with van der Waals surface area (Å²) in [5, 5.41) is 8.63. The average Bonchev–Trinajstić information content (AvgIpc) is 3.07. The van der Waals surface area contributed by atoms with Gasteiger partial charge in [-0.25, -0.2) is 15.4 Å². The molecule has 4 rings (SSSR count). The van der Waals surface area contributed by atoms with Gasteiger partial charge in [0.2, 0.25) is 5.95 Å². The maximum Gasteiger partial charge on any atom is 0.277 e. The molecule has 0 saturated carbocycles. The molecule has 0 radical (unpaired) electrons. The second-order valence-electron chi connectivity index (χ2n) is 6.88. The molecule has 2 aromatic heterocycles. The van der Waals surface area contributed by atoms with Crippen LogP contribution < -0.4 is 10.4 Å². The Balaban J connectivity index is 0.00000196. The third-order valence-electron chi connectivity index (χ3n) is 5.00. The molecular formula is C17H21ClN6O2. The van der Waals surface area contributed by atoms with Crippen molar-refractivity contribution in [2.45, 2.75) is 13.0 Å². The lowest BCUT2D eigenvalue weighted by Crippen LogP contribution is -2.56. The largest absolute Gasteiger partial charge is 0.340 e. The summed E-state index contributed by atoms with van der Waals surface area (Å²) in [6.07, 6.45) is 7.67. The Morgan fingerprint density at radius 1 is 1.19 bits per heavy atom. The molecule has 9 heteroatoms. The maximum absolute atomic E-state index is 11.3. The highest BCUT2D eigenvalue weighted by Crippen LogP contribution is 2.40. The standard InChI is InChI=1S/C17H20N6O2.ClH/c24-15(21-25)14-7-19-16(20-8-14)23-6-3-17(12-23)10-22(11-17)9-13-1-4-18-5-2-13;/h1-2,4-5,7-8,25H,3,6,9-12H2,(H,21,24);1H. The Morgan fingerprint density at radius 3 is 2.54 bits per heavy atom. The smallest absolute Gasteiger partial charge is 0.277 e. The number of hydrogen-bond acceptors (Lipinski definition) is 7. The van der Waals surface area contributed by atoms with E-state index in [4.69, 9.17) is 5.21 Å². The van der Waals surface area contributed by atoms with Gasteiger partial charge in [0.1, 0.15) is 0 Å². The van der Waals surface area contributed by atoms with Crippen molar-refractivity contribution in [3.05, 3.63) is 48.0 Å². The van der Waals surface area contributed by atoms with E-state index in [0.29, 0.717) is 11.4 Å². The van der Waals surface area contributed by atoms with Crippen LogP contribution in [0, 0.1) is 5.41 Å². The lowest BCUT2D eigenvalue weighted by atomic mass is 9.79. The number of amides is 1. The van der Waals surface area contributed by atoms with Gasteiger partial charge in [-0.1, -0.05) is 0 Å². The summed E-state index contributed by atoms with van der Waals surface area (Å²) < 4.78 is 0. The summed E-state index contributed by atoms with van der Waals surface area (Å²) >= 11 is 0. The molecular weight excluding hydrogens is 356 g/mol. The number of halogens is 1. The predicted octanol–water partition coefficient (Wildman–Crippen LogP) is 1.12. The summed E-state index contributed by atoms with van der Waals surface area (Å²) in [5.74, 6) is 0.0362. The number of hydrogen-bond donors (Lipinski definition) is 2. The van der Waals surface area contributed by atoms with Crippen molar-refractivity contribution < 1.29 is 10.0 Å². The van der Waals surface area contributed by atoms with Gasteiger partial charge in [0.25, 0.3) is 5.91 Å². The van der Waals surface area contributed by atoms with Crippen LogP contribution in [0.15, 0.2) is 36.9 Å². The van der Waals surface area contributed by atoms with Gasteiger partial charge in [0, 0.05) is 62.9 Å². The number of nitrogens with one attached hydrogen (secondary N) is 1. The first-order valence-corrected chi connectivity index (χ1v) is 8.30. The van der Waals surface area contributed by atoms with Gasteiger partial charge in [-0.3, -0.25) is 19.9 Å². The Kier molecular flexibility index (Phi) is 5.36. The highest BCUT2D eigenvalue weighted by molar-refractivity contribution is 5.92. The van der Waals surface area contributed by atoms with Gasteiger partial charge >= 0.3 is 0 Å². The van der Waals surface area contributed by atoms with E-state index in [1.807, 2.05) is 12.4 Å². The first kappa shape index (κ1) is 18.5. The predicted molar refractivity (Wildman–Crippen MR) is 97.3 cm³/mol. The minimum absolute atomic E-state index is 0. The number of nitrogens with zero attached hydrogens (tertiary/aromatic N) is 5. The molecule has 8 nitrogen and oxygen atoms in total. The number of anilines is 1. The van der Waals surface area contributed by atoms with Crippen molar-refractivity contribution in [3.8, 4) is 0 Å². The fourth-order valence-corrected chi connectivity index (χ4v) is 3.79. The van der Waals surface area contributed by atoms with Crippen LogP contribution in [0.25, 0.3) is 0 Å². The monoisotopic (exact) mass is 376 g/mol. The van der Waals surface area contributed by atoms with Crippen LogP contribution in [-0.4, -0.2) is 57.1 Å². The summed E-state index contributed by atoms with van der Waals surface area (Å²) in [6.45, 7) is 4.99. The minimum atomic E-state index is -0.602. The molecule has 0 aliphatic carbocycles. The van der Waals surface area contributed by atoms with E-state index in [9.17, 15) is 4.79 Å². The van der Waals surface area contributed by atoms with Gasteiger partial charge in [-0.05, 0) is 24.1 Å². The number of pyridine rings is 1. The summed E-state index contributed by atoms with van der Waals surface area (Å²) in [7, 11) is 0. The summed E-state index contributed by atoms with van der Waals surface area (Å²) in [6, 6.07) is 4.12. The van der Waals surface area contributed by atoms with Gasteiger partial charge < -0.3 is 4.90 Å². The Bertz CT molecular complexity index is 752. The molecule has 2 aliphatic heterocycles. The van der Waals surface area contributed by atoms with Crippen molar-refractivity contribution in [1.29, 1.82) is 0 Å². The van der Waals surface area contributed by atoms with Crippen LogP contribution in [0.1, 0.15) is 22.3 Å². The van der Waals surface area contributed by atoms with Gasteiger partial charge in [0.15, 0.2) is 0 Å². The molecule has 2 aromatic rings. The molecule has 2 N–H and O–H groups in total. The van der Waals surface area contributed by atoms with E-state index in [1.165, 1.54) is 18.0 Å². The molecule has 0 unspecified atom stereocenters. The maximum atomic E-state index is 11.3. The first-order chi connectivity index (χ1) is 12.2. The number of likely N-dealkylation sites (tertiary alicyclic amines) is 1. The molecule has 0 aromatic carbocycles. The molecule has 0 atom stereocenters. The van der Waals surface area contributed by atoms with Gasteiger partial charge in [-0.2, -0.15) is 0 Å². The molecule has 138 valence electrons. The minimum Gasteiger partial charge on any atom is -0.340 e. The van der Waals surface area contributed by atoms with Crippen molar-refractivity contribution >= 4 is 24.3 Å². The third kappa shape index (κ3) is 3.62. The molecule has 2 aliphatic rings. The van der Waals surface area contributed by atoms with Gasteiger partial charge in [0.05, 0.1) is 5.56 Å². The highest BCUT2D eigenvalue weighted by Gasteiger charge is 2.47. The fraction of sp³-hybridized carbons (Fsp3) is 0.412. The average molecular weight is 377 g/mol. The summed E-state index contributed by atoms with van der Waals surface area (Å²) in [4.78, 5) is 28.5. The number of rotatable bonds is 4. The molecule has 4 heterocycles. The Labute approximate surface area is 157 Å². The molecule has 1 spiro atoms. The van der Waals surface area contributed by atoms with Crippen LogP contribution >= 0.6 is 12.4 Å². The van der Waals surface area contributed by atoms with Crippen molar-refractivity contribution in [1.82, 2.24) is 25.3 Å². The SMILES string of the molecule is Cl.O=C(NO)c1cnc(N2CCC3(CN(Cc4ccncc4)C3)C2)nc1. The van der Waals surface area contributed by atoms with Crippen molar-refractivity contribution in [2.75, 3.05) is 31.1 Å². The number of hydroxylamine groups is 1. The zero-order valence-corrected chi connectivity index (χ0v) is 15.0. The van der Waals surface area contributed by atoms with Crippen molar-refractivity contribution in [3.63, 3.8) is 0 Å². The fourth-order valence-electron chi connectivity index (χ4n) is 3.79. The van der Waals surface area contributed by atoms with E-state index < -0.39 is 5.91 Å². The molecule has 2 fully saturated rings. The second-order valence-corrected chi connectivity index (χ2v) is 6.88. The zero-order valence-electron chi connectivity index (χ0n) is 14.2. The lowest BCUT2D eigenvalue weighted by molar-refractivity contribution is 0.0116. The number of carbonyl (C=O) groups is 1. The van der Waals surface area contributed by atoms with E-state index in [0.717, 1.165) is 39.1 Å². The first-order valence-electron chi connectivity index (χ1n) is 8.30. The molecule has 2 saturated heterocycles. The lowest BCUT2D eigenvalue weighted by Gasteiger charge is -2.48. The topological polar surface area (TPSA) is 94.5 Å². The van der Waals surface area contributed by atoms with Crippen LogP contribution in [0.2, 0.25) is 0 Å². The molecule has 0 bridgehead atoms. The van der Waals surface area contributed by atoms with Crippen LogP contribution in [0.3, 0.4) is 0 Å². The van der Waals surface area contributed by atoms with Gasteiger partial charge in [-0.15, -0.1) is 12.4 Å². The van der Waals surface area contributed by atoms with E-state index in [1.54, 1.807) is 5.48 Å². The second kappa shape index (κ2) is 7.53. The summed E-state index contributed by atoms with van der Waals surface area (Å²) in [5.41, 5.74) is 3.44. The zero-order chi connectivity index (χ0) is 17.3. The van der Waals surface area contributed by atoms with E-state index >= 15 is 0 Å². The Morgan fingerprint density at radius 2 is 1.88 bits per heavy atom. The Hall–Kier alpha value is -2.29.